The average Bonchev–Trinajstić information content (AvgIpc) is 3.06. The van der Waals surface area contributed by atoms with Crippen LogP contribution in [-0.2, 0) is 14.4 Å². The van der Waals surface area contributed by atoms with Crippen LogP contribution in [0.15, 0.2) is 0 Å². The number of aryl methyl sites for hydroxylation is 2. The van der Waals surface area contributed by atoms with E-state index in [4.69, 9.17) is 0 Å². The summed E-state index contributed by atoms with van der Waals surface area (Å²) in [6.07, 6.45) is 5.89. The molecule has 142 valence electrons. The molecule has 6 nitrogen and oxygen atoms in total. The third-order valence-corrected chi connectivity index (χ3v) is 6.98. The molecule has 26 heavy (non-hydrogen) atoms. The van der Waals surface area contributed by atoms with E-state index >= 15 is 0 Å². The second kappa shape index (κ2) is 8.08. The van der Waals surface area contributed by atoms with Crippen molar-refractivity contribution in [2.24, 2.45) is 11.8 Å². The third-order valence-electron chi connectivity index (χ3n) is 5.34. The van der Waals surface area contributed by atoms with Crippen molar-refractivity contribution in [3.8, 4) is 0 Å². The Labute approximate surface area is 162 Å². The number of carbonyl (C=O) groups is 3. The minimum Gasteiger partial charge on any atom is -0.300 e. The largest absolute Gasteiger partial charge is 0.300 e. The molecular formula is C18H25N3O3S2. The summed E-state index contributed by atoms with van der Waals surface area (Å²) in [5.41, 5.74) is 0.880. The summed E-state index contributed by atoms with van der Waals surface area (Å²) < 4.78 is 0. The number of anilines is 1. The number of thioether (sulfide) groups is 1. The Morgan fingerprint density at radius 1 is 1.27 bits per heavy atom. The van der Waals surface area contributed by atoms with Crippen molar-refractivity contribution in [3.05, 3.63) is 10.6 Å². The highest BCUT2D eigenvalue weighted by Crippen LogP contribution is 2.39. The zero-order chi connectivity index (χ0) is 18.8. The predicted molar refractivity (Wildman–Crippen MR) is 104 cm³/mol. The number of amides is 3. The Morgan fingerprint density at radius 2 is 1.88 bits per heavy atom. The zero-order valence-electron chi connectivity index (χ0n) is 15.4. The van der Waals surface area contributed by atoms with Gasteiger partial charge in [-0.2, -0.15) is 11.8 Å². The molecule has 0 spiro atoms. The van der Waals surface area contributed by atoms with Crippen molar-refractivity contribution in [1.82, 2.24) is 9.88 Å². The molecule has 2 aliphatic rings. The first-order valence-corrected chi connectivity index (χ1v) is 11.3. The van der Waals surface area contributed by atoms with Crippen LogP contribution >= 0.6 is 23.1 Å². The molecule has 0 aromatic carbocycles. The van der Waals surface area contributed by atoms with E-state index in [1.807, 2.05) is 20.1 Å². The maximum atomic E-state index is 12.9. The van der Waals surface area contributed by atoms with Crippen LogP contribution in [0, 0.1) is 25.7 Å². The van der Waals surface area contributed by atoms with Gasteiger partial charge >= 0.3 is 0 Å². The molecular weight excluding hydrogens is 370 g/mol. The lowest BCUT2D eigenvalue weighted by molar-refractivity contribution is -0.146. The number of carbonyl (C=O) groups excluding carboxylic acids is 3. The third kappa shape index (κ3) is 3.67. The molecule has 1 saturated carbocycles. The van der Waals surface area contributed by atoms with E-state index in [-0.39, 0.29) is 29.6 Å². The molecule has 1 saturated heterocycles. The monoisotopic (exact) mass is 395 g/mol. The van der Waals surface area contributed by atoms with Gasteiger partial charge in [0, 0.05) is 4.88 Å². The highest BCUT2D eigenvalue weighted by molar-refractivity contribution is 7.98. The fourth-order valence-electron chi connectivity index (χ4n) is 3.82. The second-order valence-corrected chi connectivity index (χ2v) is 9.18. The first-order valence-electron chi connectivity index (χ1n) is 9.04. The first kappa shape index (κ1) is 19.4. The van der Waals surface area contributed by atoms with Crippen molar-refractivity contribution in [1.29, 1.82) is 0 Å². The molecule has 3 atom stereocenters. The molecule has 1 aromatic heterocycles. The Balaban J connectivity index is 1.81. The molecule has 1 N–H and O–H groups in total. The summed E-state index contributed by atoms with van der Waals surface area (Å²) in [6, 6.07) is -0.752. The highest BCUT2D eigenvalue weighted by Gasteiger charge is 2.51. The lowest BCUT2D eigenvalue weighted by Crippen LogP contribution is -2.48. The quantitative estimate of drug-likeness (QED) is 0.749. The van der Waals surface area contributed by atoms with Gasteiger partial charge in [-0.15, -0.1) is 11.3 Å². The van der Waals surface area contributed by atoms with E-state index in [1.54, 1.807) is 11.8 Å². The molecule has 1 aliphatic heterocycles. The van der Waals surface area contributed by atoms with E-state index in [2.05, 4.69) is 10.3 Å². The van der Waals surface area contributed by atoms with Crippen molar-refractivity contribution >= 4 is 46.0 Å². The van der Waals surface area contributed by atoms with Gasteiger partial charge in [0.2, 0.25) is 17.7 Å². The smallest absolute Gasteiger partial charge is 0.249 e. The molecule has 1 aliphatic carbocycles. The van der Waals surface area contributed by atoms with Crippen molar-refractivity contribution < 1.29 is 14.4 Å². The van der Waals surface area contributed by atoms with Gasteiger partial charge in [0.05, 0.1) is 17.5 Å². The number of fused-ring (bicyclic) bond motifs is 1. The Bertz CT molecular complexity index is 675. The van der Waals surface area contributed by atoms with Crippen LogP contribution in [0.2, 0.25) is 0 Å². The van der Waals surface area contributed by atoms with Gasteiger partial charge in [-0.3, -0.25) is 19.3 Å². The number of thiazole rings is 1. The Hall–Kier alpha value is -1.41. The van der Waals surface area contributed by atoms with E-state index in [0.29, 0.717) is 17.3 Å². The average molecular weight is 396 g/mol. The summed E-state index contributed by atoms with van der Waals surface area (Å²) in [4.78, 5) is 45.3. The number of hydrogen-bond donors (Lipinski definition) is 1. The Morgan fingerprint density at radius 3 is 2.38 bits per heavy atom. The van der Waals surface area contributed by atoms with E-state index in [9.17, 15) is 14.4 Å². The summed E-state index contributed by atoms with van der Waals surface area (Å²) in [5, 5.41) is 3.35. The first-order chi connectivity index (χ1) is 12.4. The standard InChI is InChI=1S/C18H25N3O3S2/c1-10-11(2)26-18(19-10)20-15(22)14(8-9-25-3)21-16(23)12-6-4-5-7-13(12)17(21)24/h12-14H,4-9H2,1-3H3,(H,19,20,22). The fourth-order valence-corrected chi connectivity index (χ4v) is 5.09. The molecule has 0 bridgehead atoms. The van der Waals surface area contributed by atoms with Gasteiger partial charge in [0.1, 0.15) is 6.04 Å². The maximum absolute atomic E-state index is 12.9. The molecule has 1 aromatic rings. The SMILES string of the molecule is CSCCC(C(=O)Nc1nc(C)c(C)s1)N1C(=O)C2CCCCC2C1=O. The highest BCUT2D eigenvalue weighted by atomic mass is 32.2. The zero-order valence-corrected chi connectivity index (χ0v) is 17.0. The van der Waals surface area contributed by atoms with Crippen molar-refractivity contribution in [2.75, 3.05) is 17.3 Å². The van der Waals surface area contributed by atoms with Crippen molar-refractivity contribution in [3.63, 3.8) is 0 Å². The lowest BCUT2D eigenvalue weighted by Gasteiger charge is -2.25. The van der Waals surface area contributed by atoms with Gasteiger partial charge in [0.25, 0.3) is 0 Å². The van der Waals surface area contributed by atoms with E-state index in [1.165, 1.54) is 16.2 Å². The molecule has 0 radical (unpaired) electrons. The van der Waals surface area contributed by atoms with Crippen LogP contribution in [0.3, 0.4) is 0 Å². The number of hydrogen-bond acceptors (Lipinski definition) is 6. The second-order valence-electron chi connectivity index (χ2n) is 6.99. The van der Waals surface area contributed by atoms with Crippen LogP contribution in [0.25, 0.3) is 0 Å². The van der Waals surface area contributed by atoms with Gasteiger partial charge in [0.15, 0.2) is 5.13 Å². The van der Waals surface area contributed by atoms with Crippen molar-refractivity contribution in [2.45, 2.75) is 52.0 Å². The van der Waals surface area contributed by atoms with Crippen LogP contribution in [0.4, 0.5) is 5.13 Å². The summed E-state index contributed by atoms with van der Waals surface area (Å²) >= 11 is 3.02. The molecule has 8 heteroatoms. The normalized spacial score (nSPS) is 23.9. The summed E-state index contributed by atoms with van der Waals surface area (Å²) in [5.74, 6) is -0.385. The fraction of sp³-hybridized carbons (Fsp3) is 0.667. The van der Waals surface area contributed by atoms with Crippen LogP contribution < -0.4 is 5.32 Å². The minimum atomic E-state index is -0.752. The maximum Gasteiger partial charge on any atom is 0.249 e. The number of rotatable bonds is 6. The van der Waals surface area contributed by atoms with Gasteiger partial charge in [-0.1, -0.05) is 12.8 Å². The molecule has 3 rings (SSSR count). The Kier molecular flexibility index (Phi) is 6.02. The number of likely N-dealkylation sites (tertiary alicyclic amines) is 1. The van der Waals surface area contributed by atoms with Gasteiger partial charge in [-0.05, 0) is 45.1 Å². The summed E-state index contributed by atoms with van der Waals surface area (Å²) in [7, 11) is 0. The number of nitrogens with one attached hydrogen (secondary N) is 1. The number of aromatic nitrogens is 1. The van der Waals surface area contributed by atoms with E-state index < -0.39 is 6.04 Å². The molecule has 3 unspecified atom stereocenters. The molecule has 2 heterocycles. The summed E-state index contributed by atoms with van der Waals surface area (Å²) in [6.45, 7) is 3.84. The molecule has 3 amide bonds. The topological polar surface area (TPSA) is 79.4 Å². The minimum absolute atomic E-state index is 0.160. The van der Waals surface area contributed by atoms with Crippen LogP contribution in [0.1, 0.15) is 42.7 Å². The lowest BCUT2D eigenvalue weighted by atomic mass is 9.81. The molecule has 2 fully saturated rings. The van der Waals surface area contributed by atoms with Gasteiger partial charge in [-0.25, -0.2) is 4.98 Å². The van der Waals surface area contributed by atoms with E-state index in [0.717, 1.165) is 36.3 Å². The number of nitrogens with zero attached hydrogens (tertiary/aromatic N) is 2. The number of imide groups is 1. The van der Waals surface area contributed by atoms with Crippen LogP contribution in [0.5, 0.6) is 0 Å². The van der Waals surface area contributed by atoms with Gasteiger partial charge < -0.3 is 5.32 Å². The predicted octanol–water partition coefficient (Wildman–Crippen LogP) is 3.00. The van der Waals surface area contributed by atoms with Crippen LogP contribution in [-0.4, -0.2) is 45.7 Å².